The lowest BCUT2D eigenvalue weighted by Gasteiger charge is -2.08. The summed E-state index contributed by atoms with van der Waals surface area (Å²) in [4.78, 5) is 20.9. The number of benzene rings is 1. The highest BCUT2D eigenvalue weighted by Gasteiger charge is 2.12. The van der Waals surface area contributed by atoms with Gasteiger partial charge in [0.1, 0.15) is 0 Å². The summed E-state index contributed by atoms with van der Waals surface area (Å²) >= 11 is 1.60. The minimum Gasteiger partial charge on any atom is -0.360 e. The van der Waals surface area contributed by atoms with Gasteiger partial charge in [-0.25, -0.2) is 0 Å². The van der Waals surface area contributed by atoms with Crippen molar-refractivity contribution in [3.8, 4) is 10.6 Å². The first-order chi connectivity index (χ1) is 11.8. The second-order valence-corrected chi connectivity index (χ2v) is 6.40. The van der Waals surface area contributed by atoms with E-state index in [1.807, 2.05) is 60.2 Å². The average Bonchev–Trinajstić information content (AvgIpc) is 3.26. The highest BCUT2D eigenvalue weighted by atomic mass is 32.1. The zero-order valence-electron chi connectivity index (χ0n) is 12.8. The molecule has 0 aliphatic heterocycles. The Morgan fingerprint density at radius 1 is 1.17 bits per heavy atom. The third-order valence-corrected chi connectivity index (χ3v) is 4.85. The van der Waals surface area contributed by atoms with Crippen LogP contribution >= 0.6 is 11.3 Å². The van der Waals surface area contributed by atoms with Crippen LogP contribution in [-0.2, 0) is 11.2 Å². The molecular weight excluding hydrogens is 318 g/mol. The van der Waals surface area contributed by atoms with Crippen LogP contribution in [0.15, 0.2) is 66.4 Å². The molecule has 0 fully saturated rings. The number of hydrogen-bond acceptors (Lipinski definition) is 3. The molecule has 3 heterocycles. The monoisotopic (exact) mass is 333 g/mol. The maximum atomic E-state index is 12.5. The summed E-state index contributed by atoms with van der Waals surface area (Å²) in [6.45, 7) is 0. The molecule has 3 aromatic heterocycles. The van der Waals surface area contributed by atoms with Crippen LogP contribution < -0.4 is 5.32 Å². The fourth-order valence-corrected chi connectivity index (χ4v) is 3.64. The van der Waals surface area contributed by atoms with Gasteiger partial charge in [0.15, 0.2) is 0 Å². The Bertz CT molecular complexity index is 983. The number of thiophene rings is 1. The normalized spacial score (nSPS) is 10.8. The van der Waals surface area contributed by atoms with Crippen LogP contribution in [0.3, 0.4) is 0 Å². The van der Waals surface area contributed by atoms with Gasteiger partial charge in [0.05, 0.1) is 22.7 Å². The molecule has 1 aromatic carbocycles. The minimum absolute atomic E-state index is 0.0227. The molecule has 4 rings (SSSR count). The predicted octanol–water partition coefficient (Wildman–Crippen LogP) is 4.47. The SMILES string of the molecule is O=C(Cc1cccc2cnccc12)Nc1ccsc1-c1ccc[nH]1. The smallest absolute Gasteiger partial charge is 0.228 e. The zero-order chi connectivity index (χ0) is 16.4. The van der Waals surface area contributed by atoms with Crippen LogP contribution in [0, 0.1) is 0 Å². The number of H-pyrrole nitrogens is 1. The standard InChI is InChI=1S/C19H15N3OS/c23-18(11-13-3-1-4-14-12-20-9-6-15(13)14)22-17-7-10-24-19(17)16-5-2-8-21-16/h1-10,12,21H,11H2,(H,22,23). The van der Waals surface area contributed by atoms with E-state index in [1.54, 1.807) is 17.5 Å². The summed E-state index contributed by atoms with van der Waals surface area (Å²) in [7, 11) is 0. The van der Waals surface area contributed by atoms with Gasteiger partial charge in [-0.15, -0.1) is 11.3 Å². The number of aromatic amines is 1. The summed E-state index contributed by atoms with van der Waals surface area (Å²) in [6, 6.07) is 13.8. The van der Waals surface area contributed by atoms with Gasteiger partial charge < -0.3 is 10.3 Å². The molecule has 0 saturated heterocycles. The highest BCUT2D eigenvalue weighted by molar-refractivity contribution is 7.14. The van der Waals surface area contributed by atoms with Crippen LogP contribution in [0.4, 0.5) is 5.69 Å². The van der Waals surface area contributed by atoms with Crippen molar-refractivity contribution in [2.24, 2.45) is 0 Å². The van der Waals surface area contributed by atoms with Crippen molar-refractivity contribution in [1.82, 2.24) is 9.97 Å². The number of anilines is 1. The van der Waals surface area contributed by atoms with Crippen molar-refractivity contribution < 1.29 is 4.79 Å². The number of nitrogens with zero attached hydrogens (tertiary/aromatic N) is 1. The minimum atomic E-state index is -0.0227. The van der Waals surface area contributed by atoms with Crippen molar-refractivity contribution >= 4 is 33.7 Å². The molecule has 4 nitrogen and oxygen atoms in total. The second-order valence-electron chi connectivity index (χ2n) is 5.49. The Morgan fingerprint density at radius 3 is 3.00 bits per heavy atom. The van der Waals surface area contributed by atoms with E-state index in [0.29, 0.717) is 6.42 Å². The molecule has 0 atom stereocenters. The van der Waals surface area contributed by atoms with Crippen molar-refractivity contribution in [2.75, 3.05) is 5.32 Å². The molecule has 0 aliphatic rings. The lowest BCUT2D eigenvalue weighted by Crippen LogP contribution is -2.14. The summed E-state index contributed by atoms with van der Waals surface area (Å²) in [6.07, 6.45) is 5.79. The quantitative estimate of drug-likeness (QED) is 0.579. The molecule has 0 saturated carbocycles. The van der Waals surface area contributed by atoms with E-state index < -0.39 is 0 Å². The van der Waals surface area contributed by atoms with Gasteiger partial charge >= 0.3 is 0 Å². The molecular formula is C19H15N3OS. The summed E-state index contributed by atoms with van der Waals surface area (Å²) in [5.74, 6) is -0.0227. The van der Waals surface area contributed by atoms with E-state index in [9.17, 15) is 4.79 Å². The summed E-state index contributed by atoms with van der Waals surface area (Å²) < 4.78 is 0. The third kappa shape index (κ3) is 2.81. The Labute approximate surface area is 143 Å². The first-order valence-electron chi connectivity index (χ1n) is 7.64. The topological polar surface area (TPSA) is 57.8 Å². The summed E-state index contributed by atoms with van der Waals surface area (Å²) in [5, 5.41) is 7.12. The molecule has 0 bridgehead atoms. The number of pyridine rings is 1. The van der Waals surface area contributed by atoms with Crippen LogP contribution in [0.2, 0.25) is 0 Å². The van der Waals surface area contributed by atoms with E-state index in [-0.39, 0.29) is 5.91 Å². The van der Waals surface area contributed by atoms with Gasteiger partial charge in [0.25, 0.3) is 0 Å². The number of carbonyl (C=O) groups is 1. The van der Waals surface area contributed by atoms with Gasteiger partial charge in [-0.1, -0.05) is 18.2 Å². The Kier molecular flexibility index (Phi) is 3.84. The molecule has 4 aromatic rings. The summed E-state index contributed by atoms with van der Waals surface area (Å²) in [5.41, 5.74) is 2.86. The molecule has 0 radical (unpaired) electrons. The van der Waals surface area contributed by atoms with Crippen molar-refractivity contribution in [3.63, 3.8) is 0 Å². The molecule has 1 amide bonds. The third-order valence-electron chi connectivity index (χ3n) is 3.90. The molecule has 118 valence electrons. The van der Waals surface area contributed by atoms with Crippen LogP contribution in [0.1, 0.15) is 5.56 Å². The van der Waals surface area contributed by atoms with Crippen LogP contribution in [-0.4, -0.2) is 15.9 Å². The molecule has 2 N–H and O–H groups in total. The Morgan fingerprint density at radius 2 is 2.12 bits per heavy atom. The van der Waals surface area contributed by atoms with E-state index in [1.165, 1.54) is 0 Å². The Balaban J connectivity index is 1.57. The lowest BCUT2D eigenvalue weighted by molar-refractivity contribution is -0.115. The van der Waals surface area contributed by atoms with Gasteiger partial charge in [-0.2, -0.15) is 0 Å². The fourth-order valence-electron chi connectivity index (χ4n) is 2.80. The predicted molar refractivity (Wildman–Crippen MR) is 98.2 cm³/mol. The average molecular weight is 333 g/mol. The van der Waals surface area contributed by atoms with E-state index in [2.05, 4.69) is 15.3 Å². The number of rotatable bonds is 4. The number of hydrogen-bond donors (Lipinski definition) is 2. The number of aromatic nitrogens is 2. The molecule has 24 heavy (non-hydrogen) atoms. The van der Waals surface area contributed by atoms with E-state index >= 15 is 0 Å². The fraction of sp³-hybridized carbons (Fsp3) is 0.0526. The van der Waals surface area contributed by atoms with Crippen molar-refractivity contribution in [2.45, 2.75) is 6.42 Å². The number of nitrogens with one attached hydrogen (secondary N) is 2. The van der Waals surface area contributed by atoms with Crippen molar-refractivity contribution in [1.29, 1.82) is 0 Å². The molecule has 0 unspecified atom stereocenters. The van der Waals surface area contributed by atoms with E-state index in [4.69, 9.17) is 0 Å². The first-order valence-corrected chi connectivity index (χ1v) is 8.52. The molecule has 0 aliphatic carbocycles. The highest BCUT2D eigenvalue weighted by Crippen LogP contribution is 2.32. The maximum absolute atomic E-state index is 12.5. The van der Waals surface area contributed by atoms with Gasteiger partial charge in [-0.3, -0.25) is 9.78 Å². The van der Waals surface area contributed by atoms with Crippen LogP contribution in [0.5, 0.6) is 0 Å². The Hall–Kier alpha value is -2.92. The lowest BCUT2D eigenvalue weighted by atomic mass is 10.0. The largest absolute Gasteiger partial charge is 0.360 e. The van der Waals surface area contributed by atoms with Crippen LogP contribution in [0.25, 0.3) is 21.3 Å². The van der Waals surface area contributed by atoms with Gasteiger partial charge in [0.2, 0.25) is 5.91 Å². The number of amides is 1. The second kappa shape index (κ2) is 6.29. The van der Waals surface area contributed by atoms with Crippen molar-refractivity contribution in [3.05, 3.63) is 72.0 Å². The molecule has 5 heteroatoms. The number of fused-ring (bicyclic) bond motifs is 1. The van der Waals surface area contributed by atoms with Gasteiger partial charge in [-0.05, 0) is 40.6 Å². The van der Waals surface area contributed by atoms with E-state index in [0.717, 1.165) is 32.6 Å². The first kappa shape index (κ1) is 14.7. The van der Waals surface area contributed by atoms with Gasteiger partial charge in [0, 0.05) is 24.0 Å². The molecule has 0 spiro atoms. The number of carbonyl (C=O) groups excluding carboxylic acids is 1. The maximum Gasteiger partial charge on any atom is 0.228 e. The zero-order valence-corrected chi connectivity index (χ0v) is 13.6.